The Bertz CT molecular complexity index is 524. The summed E-state index contributed by atoms with van der Waals surface area (Å²) in [7, 11) is 0. The molecule has 0 aliphatic carbocycles. The SMILES string of the molecule is O=C(O)C1CSCCN1C(=O)c1cc(Br)ccc1Br. The van der Waals surface area contributed by atoms with E-state index in [2.05, 4.69) is 31.9 Å². The van der Waals surface area contributed by atoms with E-state index in [1.165, 1.54) is 4.90 Å². The van der Waals surface area contributed by atoms with Crippen molar-refractivity contribution in [3.8, 4) is 0 Å². The van der Waals surface area contributed by atoms with E-state index in [1.807, 2.05) is 6.07 Å². The molecule has 1 aliphatic heterocycles. The van der Waals surface area contributed by atoms with Crippen LogP contribution in [-0.2, 0) is 4.79 Å². The summed E-state index contributed by atoms with van der Waals surface area (Å²) in [5, 5.41) is 9.20. The van der Waals surface area contributed by atoms with Crippen LogP contribution in [0.3, 0.4) is 0 Å². The third kappa shape index (κ3) is 3.32. The molecule has 0 bridgehead atoms. The molecule has 2 rings (SSSR count). The molecular formula is C12H11Br2NO3S. The molecule has 0 aromatic heterocycles. The maximum Gasteiger partial charge on any atom is 0.327 e. The van der Waals surface area contributed by atoms with Crippen LogP contribution in [0.1, 0.15) is 10.4 Å². The molecule has 1 atom stereocenters. The summed E-state index contributed by atoms with van der Waals surface area (Å²) < 4.78 is 1.46. The molecule has 1 N–H and O–H groups in total. The van der Waals surface area contributed by atoms with Crippen molar-refractivity contribution in [2.45, 2.75) is 6.04 Å². The first-order chi connectivity index (χ1) is 9.00. The average Bonchev–Trinajstić information content (AvgIpc) is 2.40. The number of thioether (sulfide) groups is 1. The second-order valence-electron chi connectivity index (χ2n) is 4.05. The number of aliphatic carboxylic acids is 1. The number of benzene rings is 1. The van der Waals surface area contributed by atoms with Gasteiger partial charge in [-0.3, -0.25) is 4.79 Å². The highest BCUT2D eigenvalue weighted by Gasteiger charge is 2.33. The van der Waals surface area contributed by atoms with Gasteiger partial charge in [0.2, 0.25) is 0 Å². The normalized spacial score (nSPS) is 19.3. The Morgan fingerprint density at radius 3 is 2.79 bits per heavy atom. The Hall–Kier alpha value is -0.530. The molecule has 1 amide bonds. The zero-order valence-electron chi connectivity index (χ0n) is 9.81. The molecule has 1 aliphatic rings. The van der Waals surface area contributed by atoms with Crippen LogP contribution in [0.2, 0.25) is 0 Å². The van der Waals surface area contributed by atoms with E-state index >= 15 is 0 Å². The lowest BCUT2D eigenvalue weighted by Crippen LogP contribution is -2.50. The number of carboxylic acids is 1. The average molecular weight is 409 g/mol. The van der Waals surface area contributed by atoms with Crippen molar-refractivity contribution >= 4 is 55.5 Å². The fraction of sp³-hybridized carbons (Fsp3) is 0.333. The second-order valence-corrected chi connectivity index (χ2v) is 6.97. The summed E-state index contributed by atoms with van der Waals surface area (Å²) >= 11 is 8.21. The number of nitrogens with zero attached hydrogens (tertiary/aromatic N) is 1. The van der Waals surface area contributed by atoms with Crippen molar-refractivity contribution in [3.05, 3.63) is 32.7 Å². The van der Waals surface area contributed by atoms with E-state index in [4.69, 9.17) is 0 Å². The van der Waals surface area contributed by atoms with Crippen molar-refractivity contribution in [1.29, 1.82) is 0 Å². The number of carboxylic acid groups (broad SMARTS) is 1. The van der Waals surface area contributed by atoms with Gasteiger partial charge in [0.25, 0.3) is 5.91 Å². The van der Waals surface area contributed by atoms with E-state index in [9.17, 15) is 14.7 Å². The van der Waals surface area contributed by atoms with E-state index < -0.39 is 12.0 Å². The van der Waals surface area contributed by atoms with Crippen LogP contribution in [0.15, 0.2) is 27.1 Å². The minimum atomic E-state index is -0.952. The molecule has 19 heavy (non-hydrogen) atoms. The molecule has 1 heterocycles. The molecule has 1 aromatic carbocycles. The van der Waals surface area contributed by atoms with E-state index in [0.29, 0.717) is 22.3 Å². The van der Waals surface area contributed by atoms with E-state index in [1.54, 1.807) is 23.9 Å². The van der Waals surface area contributed by atoms with Crippen molar-refractivity contribution in [1.82, 2.24) is 4.90 Å². The summed E-state index contributed by atoms with van der Waals surface area (Å²) in [6.07, 6.45) is 0. The summed E-state index contributed by atoms with van der Waals surface area (Å²) in [6.45, 7) is 0.458. The fourth-order valence-electron chi connectivity index (χ4n) is 1.87. The molecule has 7 heteroatoms. The predicted octanol–water partition coefficient (Wildman–Crippen LogP) is 2.85. The topological polar surface area (TPSA) is 57.6 Å². The summed E-state index contributed by atoms with van der Waals surface area (Å²) in [5.74, 6) is 0.000872. The molecule has 0 radical (unpaired) electrons. The van der Waals surface area contributed by atoms with Crippen LogP contribution in [0.25, 0.3) is 0 Å². The van der Waals surface area contributed by atoms with Gasteiger partial charge in [-0.05, 0) is 34.1 Å². The molecule has 0 saturated carbocycles. The molecule has 1 fully saturated rings. The van der Waals surface area contributed by atoms with Crippen LogP contribution in [0.4, 0.5) is 0 Å². The molecule has 102 valence electrons. The van der Waals surface area contributed by atoms with Crippen LogP contribution in [-0.4, -0.2) is 46.0 Å². The maximum atomic E-state index is 12.5. The van der Waals surface area contributed by atoms with Gasteiger partial charge in [0.1, 0.15) is 6.04 Å². The minimum absolute atomic E-state index is 0.249. The highest BCUT2D eigenvalue weighted by atomic mass is 79.9. The van der Waals surface area contributed by atoms with Gasteiger partial charge in [0, 0.05) is 27.0 Å². The highest BCUT2D eigenvalue weighted by Crippen LogP contribution is 2.26. The summed E-state index contributed by atoms with van der Waals surface area (Å²) in [4.78, 5) is 25.2. The molecule has 1 aromatic rings. The largest absolute Gasteiger partial charge is 0.480 e. The number of hydrogen-bond acceptors (Lipinski definition) is 3. The molecule has 0 spiro atoms. The van der Waals surface area contributed by atoms with Crippen molar-refractivity contribution < 1.29 is 14.7 Å². The first kappa shape index (κ1) is 14.9. The lowest BCUT2D eigenvalue weighted by atomic mass is 10.1. The first-order valence-electron chi connectivity index (χ1n) is 5.57. The van der Waals surface area contributed by atoms with Gasteiger partial charge in [-0.2, -0.15) is 11.8 Å². The summed E-state index contributed by atoms with van der Waals surface area (Å²) in [6, 6.07) is 4.54. The lowest BCUT2D eigenvalue weighted by Gasteiger charge is -2.32. The number of carbonyl (C=O) groups is 2. The zero-order valence-corrected chi connectivity index (χ0v) is 13.8. The number of carbonyl (C=O) groups excluding carboxylic acids is 1. The first-order valence-corrected chi connectivity index (χ1v) is 8.31. The van der Waals surface area contributed by atoms with E-state index in [-0.39, 0.29) is 5.91 Å². The van der Waals surface area contributed by atoms with Gasteiger partial charge < -0.3 is 10.0 Å². The number of halogens is 2. The predicted molar refractivity (Wildman–Crippen MR) is 81.6 cm³/mol. The van der Waals surface area contributed by atoms with Crippen molar-refractivity contribution in [2.24, 2.45) is 0 Å². The third-order valence-corrected chi connectivity index (χ3v) is 5.04. The molecule has 4 nitrogen and oxygen atoms in total. The number of rotatable bonds is 2. The van der Waals surface area contributed by atoms with Gasteiger partial charge in [-0.15, -0.1) is 0 Å². The monoisotopic (exact) mass is 407 g/mol. The fourth-order valence-corrected chi connectivity index (χ4v) is 3.68. The quantitative estimate of drug-likeness (QED) is 0.817. The lowest BCUT2D eigenvalue weighted by molar-refractivity contribution is -0.141. The Morgan fingerprint density at radius 2 is 2.11 bits per heavy atom. The smallest absolute Gasteiger partial charge is 0.327 e. The van der Waals surface area contributed by atoms with Gasteiger partial charge in [0.15, 0.2) is 0 Å². The van der Waals surface area contributed by atoms with Crippen LogP contribution < -0.4 is 0 Å². The van der Waals surface area contributed by atoms with Crippen LogP contribution in [0, 0.1) is 0 Å². The van der Waals surface area contributed by atoms with Gasteiger partial charge in [-0.25, -0.2) is 4.79 Å². The zero-order chi connectivity index (χ0) is 14.0. The van der Waals surface area contributed by atoms with E-state index in [0.717, 1.165) is 10.2 Å². The third-order valence-electron chi connectivity index (χ3n) is 2.83. The second kappa shape index (κ2) is 6.28. The Morgan fingerprint density at radius 1 is 1.37 bits per heavy atom. The molecule has 1 saturated heterocycles. The molecular weight excluding hydrogens is 398 g/mol. The van der Waals surface area contributed by atoms with Gasteiger partial charge >= 0.3 is 5.97 Å². The Balaban J connectivity index is 2.31. The standard InChI is InChI=1S/C12H11Br2NO3S/c13-7-1-2-9(14)8(5-7)11(16)15-3-4-19-6-10(15)12(17)18/h1-2,5,10H,3-4,6H2,(H,17,18). The highest BCUT2D eigenvalue weighted by molar-refractivity contribution is 9.11. The Labute approximate surface area is 131 Å². The van der Waals surface area contributed by atoms with Gasteiger partial charge in [-0.1, -0.05) is 15.9 Å². The Kier molecular flexibility index (Phi) is 4.92. The number of amides is 1. The summed E-state index contributed by atoms with van der Waals surface area (Å²) in [5.41, 5.74) is 0.479. The van der Waals surface area contributed by atoms with Crippen LogP contribution in [0.5, 0.6) is 0 Å². The van der Waals surface area contributed by atoms with Gasteiger partial charge in [0.05, 0.1) is 5.56 Å². The maximum absolute atomic E-state index is 12.5. The molecule has 1 unspecified atom stereocenters. The van der Waals surface area contributed by atoms with Crippen molar-refractivity contribution in [3.63, 3.8) is 0 Å². The van der Waals surface area contributed by atoms with Crippen LogP contribution >= 0.6 is 43.6 Å². The van der Waals surface area contributed by atoms with Crippen molar-refractivity contribution in [2.75, 3.05) is 18.1 Å². The number of hydrogen-bond donors (Lipinski definition) is 1. The minimum Gasteiger partial charge on any atom is -0.480 e.